The van der Waals surface area contributed by atoms with Crippen LogP contribution in [-0.4, -0.2) is 33.6 Å². The smallest absolute Gasteiger partial charge is 0.303 e. The third-order valence-corrected chi connectivity index (χ3v) is 7.31. The number of rotatable bonds is 3. The van der Waals surface area contributed by atoms with Gasteiger partial charge in [-0.1, -0.05) is 72.3 Å². The lowest BCUT2D eigenvalue weighted by atomic mass is 9.70. The monoisotopic (exact) mass is 447 g/mol. The van der Waals surface area contributed by atoms with E-state index in [1.807, 2.05) is 78.9 Å². The van der Waals surface area contributed by atoms with Crippen LogP contribution in [0.5, 0.6) is 5.75 Å². The second-order valence-corrected chi connectivity index (χ2v) is 9.06. The predicted octanol–water partition coefficient (Wildman–Crippen LogP) is 5.21. The van der Waals surface area contributed by atoms with Crippen LogP contribution in [0.3, 0.4) is 0 Å². The molecule has 3 aromatic carbocycles. The van der Waals surface area contributed by atoms with E-state index in [-0.39, 0.29) is 4.92 Å². The Hall–Kier alpha value is -2.93. The molecule has 0 unspecified atom stereocenters. The van der Waals surface area contributed by atoms with E-state index in [2.05, 4.69) is 10.0 Å². The Kier molecular flexibility index (Phi) is 4.50. The topological polar surface area (TPSA) is 58.9 Å². The Balaban J connectivity index is 1.66. The van der Waals surface area contributed by atoms with Crippen LogP contribution >= 0.6 is 11.6 Å². The minimum Gasteiger partial charge on any atom is -0.478 e. The van der Waals surface area contributed by atoms with Crippen molar-refractivity contribution in [2.24, 2.45) is 0 Å². The molecular formula is C25H22ClN3O3. The number of halogens is 1. The molecule has 0 radical (unpaired) electrons. The SMILES string of the molecule is O=[N+]([O-])[C@@]12[C@@H](c3ccccc3)Oc3ccccc3[C@@H]1N1CCCN1[C@H]2c1ccc(Cl)cc1. The van der Waals surface area contributed by atoms with E-state index in [4.69, 9.17) is 16.3 Å². The van der Waals surface area contributed by atoms with Crippen LogP contribution in [0.15, 0.2) is 78.9 Å². The number of hydrogen-bond acceptors (Lipinski definition) is 5. The van der Waals surface area contributed by atoms with E-state index in [0.29, 0.717) is 10.8 Å². The maximum atomic E-state index is 13.3. The van der Waals surface area contributed by atoms with Crippen molar-refractivity contribution in [3.8, 4) is 5.75 Å². The second kappa shape index (κ2) is 7.30. The molecule has 3 heterocycles. The van der Waals surface area contributed by atoms with E-state index in [0.717, 1.165) is 36.2 Å². The highest BCUT2D eigenvalue weighted by atomic mass is 35.5. The molecule has 0 aromatic heterocycles. The van der Waals surface area contributed by atoms with Gasteiger partial charge in [0.1, 0.15) is 17.8 Å². The van der Waals surface area contributed by atoms with Crippen molar-refractivity contribution in [2.45, 2.75) is 30.1 Å². The standard InChI is InChI=1S/C25H22ClN3O3/c26-19-13-11-17(12-14-19)22-25(29(30)31)23(28-16-6-15-27(22)28)20-9-4-5-10-21(20)32-24(25)18-7-2-1-3-8-18/h1-5,7-14,22-24H,6,15-16H2/t22-,23-,24+,25+/m0/s1. The zero-order chi connectivity index (χ0) is 21.9. The minimum atomic E-state index is -1.43. The zero-order valence-corrected chi connectivity index (χ0v) is 18.1. The first-order valence-corrected chi connectivity index (χ1v) is 11.2. The summed E-state index contributed by atoms with van der Waals surface area (Å²) in [4.78, 5) is 13.2. The molecule has 0 spiro atoms. The van der Waals surface area contributed by atoms with Gasteiger partial charge in [0.15, 0.2) is 6.10 Å². The molecule has 3 aromatic rings. The molecule has 3 aliphatic heterocycles. The summed E-state index contributed by atoms with van der Waals surface area (Å²) in [5.74, 6) is 0.715. The quantitative estimate of drug-likeness (QED) is 0.407. The Bertz CT molecular complexity index is 1170. The molecule has 0 N–H and O–H groups in total. The molecular weight excluding hydrogens is 426 g/mol. The van der Waals surface area contributed by atoms with Gasteiger partial charge in [-0.15, -0.1) is 0 Å². The molecule has 32 heavy (non-hydrogen) atoms. The number of nitrogens with zero attached hydrogens (tertiary/aromatic N) is 3. The molecule has 7 heteroatoms. The van der Waals surface area contributed by atoms with Crippen LogP contribution in [0, 0.1) is 10.1 Å². The molecule has 3 aliphatic rings. The summed E-state index contributed by atoms with van der Waals surface area (Å²) in [6.45, 7) is 1.54. The van der Waals surface area contributed by atoms with Gasteiger partial charge in [-0.05, 0) is 35.7 Å². The van der Waals surface area contributed by atoms with Crippen LogP contribution in [0.25, 0.3) is 0 Å². The number of ether oxygens (including phenoxy) is 1. The third kappa shape index (κ3) is 2.60. The van der Waals surface area contributed by atoms with Crippen LogP contribution in [0.2, 0.25) is 5.02 Å². The van der Waals surface area contributed by atoms with Gasteiger partial charge in [0.2, 0.25) is 0 Å². The molecule has 0 bridgehead atoms. The Morgan fingerprint density at radius 1 is 0.875 bits per heavy atom. The van der Waals surface area contributed by atoms with Crippen molar-refractivity contribution in [2.75, 3.05) is 13.1 Å². The van der Waals surface area contributed by atoms with Gasteiger partial charge in [-0.25, -0.2) is 10.0 Å². The highest BCUT2D eigenvalue weighted by Crippen LogP contribution is 2.63. The molecule has 2 saturated heterocycles. The number of hydrazine groups is 1. The lowest BCUT2D eigenvalue weighted by Gasteiger charge is -2.42. The summed E-state index contributed by atoms with van der Waals surface area (Å²) in [5.41, 5.74) is 1.14. The minimum absolute atomic E-state index is 0.0805. The van der Waals surface area contributed by atoms with Crippen molar-refractivity contribution in [1.82, 2.24) is 10.0 Å². The third-order valence-electron chi connectivity index (χ3n) is 7.06. The number of hydrogen-bond donors (Lipinski definition) is 0. The lowest BCUT2D eigenvalue weighted by molar-refractivity contribution is -0.594. The number of fused-ring (bicyclic) bond motifs is 5. The van der Waals surface area contributed by atoms with Crippen molar-refractivity contribution in [3.05, 3.63) is 111 Å². The molecule has 0 aliphatic carbocycles. The first-order valence-electron chi connectivity index (χ1n) is 10.9. The van der Waals surface area contributed by atoms with E-state index in [9.17, 15) is 10.1 Å². The first-order chi connectivity index (χ1) is 15.6. The van der Waals surface area contributed by atoms with Crippen molar-refractivity contribution >= 4 is 11.6 Å². The largest absolute Gasteiger partial charge is 0.478 e. The van der Waals surface area contributed by atoms with Crippen LogP contribution < -0.4 is 4.74 Å². The second-order valence-electron chi connectivity index (χ2n) is 8.63. The summed E-state index contributed by atoms with van der Waals surface area (Å²) in [6.07, 6.45) is 0.220. The molecule has 2 fully saturated rings. The van der Waals surface area contributed by atoms with E-state index < -0.39 is 23.7 Å². The molecule has 6 rings (SSSR count). The van der Waals surface area contributed by atoms with Crippen LogP contribution in [-0.2, 0) is 0 Å². The molecule has 6 nitrogen and oxygen atoms in total. The molecule has 162 valence electrons. The van der Waals surface area contributed by atoms with Gasteiger partial charge in [0.05, 0.1) is 0 Å². The van der Waals surface area contributed by atoms with Crippen molar-refractivity contribution in [1.29, 1.82) is 0 Å². The number of para-hydroxylation sites is 1. The summed E-state index contributed by atoms with van der Waals surface area (Å²) in [7, 11) is 0. The van der Waals surface area contributed by atoms with Gasteiger partial charge in [-0.3, -0.25) is 10.1 Å². The normalized spacial score (nSPS) is 29.1. The van der Waals surface area contributed by atoms with Crippen LogP contribution in [0.4, 0.5) is 0 Å². The predicted molar refractivity (Wildman–Crippen MR) is 121 cm³/mol. The fourth-order valence-electron chi connectivity index (χ4n) is 5.91. The highest BCUT2D eigenvalue weighted by Gasteiger charge is 2.75. The van der Waals surface area contributed by atoms with E-state index in [1.54, 1.807) is 0 Å². The van der Waals surface area contributed by atoms with Gasteiger partial charge in [-0.2, -0.15) is 0 Å². The number of benzene rings is 3. The lowest BCUT2D eigenvalue weighted by Crippen LogP contribution is -2.56. The van der Waals surface area contributed by atoms with Crippen LogP contribution in [0.1, 0.15) is 41.3 Å². The Labute approximate surface area is 191 Å². The molecule has 4 atom stereocenters. The fraction of sp³-hybridized carbons (Fsp3) is 0.280. The average molecular weight is 448 g/mol. The fourth-order valence-corrected chi connectivity index (χ4v) is 6.03. The van der Waals surface area contributed by atoms with Gasteiger partial charge in [0, 0.05) is 28.6 Å². The maximum absolute atomic E-state index is 13.3. The van der Waals surface area contributed by atoms with Gasteiger partial charge in [0.25, 0.3) is 0 Å². The van der Waals surface area contributed by atoms with E-state index >= 15 is 0 Å². The Morgan fingerprint density at radius 3 is 2.25 bits per heavy atom. The Morgan fingerprint density at radius 2 is 1.53 bits per heavy atom. The highest BCUT2D eigenvalue weighted by molar-refractivity contribution is 6.30. The van der Waals surface area contributed by atoms with E-state index in [1.165, 1.54) is 0 Å². The average Bonchev–Trinajstić information content (AvgIpc) is 3.39. The first kappa shape index (κ1) is 19.7. The van der Waals surface area contributed by atoms with Gasteiger partial charge < -0.3 is 4.74 Å². The van der Waals surface area contributed by atoms with Crippen molar-refractivity contribution in [3.63, 3.8) is 0 Å². The van der Waals surface area contributed by atoms with Crippen molar-refractivity contribution < 1.29 is 9.66 Å². The summed E-state index contributed by atoms with van der Waals surface area (Å²) < 4.78 is 6.52. The molecule has 0 saturated carbocycles. The number of nitro groups is 1. The summed E-state index contributed by atoms with van der Waals surface area (Å²) in [5, 5.41) is 18.3. The maximum Gasteiger partial charge on any atom is 0.303 e. The summed E-state index contributed by atoms with van der Waals surface area (Å²) in [6, 6.07) is 23.9. The zero-order valence-electron chi connectivity index (χ0n) is 17.3. The molecule has 0 amide bonds. The van der Waals surface area contributed by atoms with Gasteiger partial charge >= 0.3 is 5.54 Å². The summed E-state index contributed by atoms with van der Waals surface area (Å²) >= 11 is 6.17.